The van der Waals surface area contributed by atoms with E-state index in [9.17, 15) is 0 Å². The number of hydrogen-bond acceptors (Lipinski definition) is 2. The predicted octanol–water partition coefficient (Wildman–Crippen LogP) is 12.3. The van der Waals surface area contributed by atoms with Gasteiger partial charge < -0.3 is 9.13 Å². The van der Waals surface area contributed by atoms with E-state index in [1.54, 1.807) is 0 Å². The molecule has 0 fully saturated rings. The number of rotatable bonds is 4. The second-order valence-electron chi connectivity index (χ2n) is 14.6. The number of para-hydroxylation sites is 3. The molecule has 0 saturated carbocycles. The Morgan fingerprint density at radius 2 is 0.981 bits per heavy atom. The Balaban J connectivity index is 1.19. The van der Waals surface area contributed by atoms with Crippen LogP contribution < -0.4 is 0 Å². The quantitative estimate of drug-likeness (QED) is 0.186. The predicted molar refractivity (Wildman–Crippen MR) is 219 cm³/mol. The van der Waals surface area contributed by atoms with E-state index in [1.165, 1.54) is 54.7 Å². The summed E-state index contributed by atoms with van der Waals surface area (Å²) in [6.45, 7) is 4.57. The van der Waals surface area contributed by atoms with Crippen LogP contribution in [0, 0.1) is 0 Å². The maximum Gasteiger partial charge on any atom is 0.160 e. The fourth-order valence-electron chi connectivity index (χ4n) is 8.82. The van der Waals surface area contributed by atoms with E-state index in [4.69, 9.17) is 9.97 Å². The highest BCUT2D eigenvalue weighted by atomic mass is 15.0. The van der Waals surface area contributed by atoms with E-state index in [0.717, 1.165) is 45.3 Å². The fourth-order valence-corrected chi connectivity index (χ4v) is 8.82. The first kappa shape index (κ1) is 29.9. The van der Waals surface area contributed by atoms with Gasteiger partial charge in [0.15, 0.2) is 5.82 Å². The van der Waals surface area contributed by atoms with Crippen LogP contribution in [0.25, 0.3) is 88.8 Å². The van der Waals surface area contributed by atoms with Crippen LogP contribution in [-0.2, 0) is 5.41 Å². The van der Waals surface area contributed by atoms with Crippen molar-refractivity contribution >= 4 is 43.6 Å². The zero-order valence-electron chi connectivity index (χ0n) is 29.5. The summed E-state index contributed by atoms with van der Waals surface area (Å²) in [5.74, 6) is 0.750. The lowest BCUT2D eigenvalue weighted by atomic mass is 9.85. The van der Waals surface area contributed by atoms with Crippen LogP contribution in [0.15, 0.2) is 170 Å². The number of hydrogen-bond donors (Lipinski definition) is 0. The largest absolute Gasteiger partial charge is 0.309 e. The molecular weight excluding hydrogens is 645 g/mol. The standard InChI is InChI=1S/C49H34N4/c1-49(2)40-25-12-9-24-37(40)45-46(50-48(51-47(45)49)31-16-5-3-6-17-31)32-18-15-21-34(28-32)53-42-27-14-11-23-36(42)39-29-43-38(30-44(39)53)35-22-10-13-26-41(35)52(43)33-19-7-4-8-20-33/h3-30H,1-2H3. The molecule has 0 aliphatic heterocycles. The third kappa shape index (κ3) is 4.30. The first-order valence-corrected chi connectivity index (χ1v) is 18.3. The maximum absolute atomic E-state index is 5.38. The average molecular weight is 679 g/mol. The van der Waals surface area contributed by atoms with Gasteiger partial charge in [0.25, 0.3) is 0 Å². The van der Waals surface area contributed by atoms with Gasteiger partial charge in [0, 0.05) is 55.0 Å². The molecular formula is C49H34N4. The second kappa shape index (κ2) is 11.1. The van der Waals surface area contributed by atoms with Crippen molar-refractivity contribution in [1.82, 2.24) is 19.1 Å². The Bertz CT molecular complexity index is 3080. The normalized spacial score (nSPS) is 13.2. The van der Waals surface area contributed by atoms with Crippen molar-refractivity contribution in [1.29, 1.82) is 0 Å². The Morgan fingerprint density at radius 3 is 1.68 bits per heavy atom. The summed E-state index contributed by atoms with van der Waals surface area (Å²) in [6, 6.07) is 61.0. The van der Waals surface area contributed by atoms with Gasteiger partial charge in [0.2, 0.25) is 0 Å². The van der Waals surface area contributed by atoms with Crippen LogP contribution in [-0.4, -0.2) is 19.1 Å². The molecule has 10 aromatic rings. The summed E-state index contributed by atoms with van der Waals surface area (Å²) < 4.78 is 4.83. The van der Waals surface area contributed by atoms with Crippen molar-refractivity contribution < 1.29 is 0 Å². The number of nitrogens with zero attached hydrogens (tertiary/aromatic N) is 4. The number of fused-ring (bicyclic) bond motifs is 9. The molecule has 0 N–H and O–H groups in total. The lowest BCUT2D eigenvalue weighted by Crippen LogP contribution is -2.17. The minimum absolute atomic E-state index is 0.262. The first-order chi connectivity index (χ1) is 26.1. The molecule has 53 heavy (non-hydrogen) atoms. The van der Waals surface area contributed by atoms with Gasteiger partial charge in [-0.05, 0) is 59.7 Å². The number of benzene rings is 7. The molecule has 0 bridgehead atoms. The highest BCUT2D eigenvalue weighted by Gasteiger charge is 2.39. The SMILES string of the molecule is CC1(C)c2ccccc2-c2c(-c3cccc(-n4c5ccccc5c5cc6c(cc54)c4ccccc4n6-c4ccccc4)c3)nc(-c3ccccc3)nc21. The first-order valence-electron chi connectivity index (χ1n) is 18.3. The van der Waals surface area contributed by atoms with Crippen LogP contribution in [0.4, 0.5) is 0 Å². The molecule has 0 radical (unpaired) electrons. The molecule has 1 aliphatic carbocycles. The number of aromatic nitrogens is 4. The van der Waals surface area contributed by atoms with Crippen LogP contribution in [0.2, 0.25) is 0 Å². The molecule has 0 atom stereocenters. The molecule has 250 valence electrons. The van der Waals surface area contributed by atoms with Crippen LogP contribution in [0.5, 0.6) is 0 Å². The smallest absolute Gasteiger partial charge is 0.160 e. The van der Waals surface area contributed by atoms with Crippen molar-refractivity contribution in [2.75, 3.05) is 0 Å². The van der Waals surface area contributed by atoms with Gasteiger partial charge >= 0.3 is 0 Å². The molecule has 0 spiro atoms. The van der Waals surface area contributed by atoms with Crippen molar-refractivity contribution in [2.24, 2.45) is 0 Å². The van der Waals surface area contributed by atoms with E-state index >= 15 is 0 Å². The lowest BCUT2D eigenvalue weighted by Gasteiger charge is -2.21. The third-order valence-electron chi connectivity index (χ3n) is 11.3. The van der Waals surface area contributed by atoms with Crippen molar-refractivity contribution in [3.63, 3.8) is 0 Å². The minimum Gasteiger partial charge on any atom is -0.309 e. The van der Waals surface area contributed by atoms with Crippen LogP contribution in [0.1, 0.15) is 25.1 Å². The van der Waals surface area contributed by atoms with E-state index in [0.29, 0.717) is 0 Å². The molecule has 4 heteroatoms. The van der Waals surface area contributed by atoms with Gasteiger partial charge in [-0.15, -0.1) is 0 Å². The van der Waals surface area contributed by atoms with E-state index < -0.39 is 0 Å². The average Bonchev–Trinajstić information content (AvgIpc) is 3.80. The Kier molecular flexibility index (Phi) is 6.27. The van der Waals surface area contributed by atoms with Gasteiger partial charge in [-0.2, -0.15) is 0 Å². The lowest BCUT2D eigenvalue weighted by molar-refractivity contribution is 0.636. The molecule has 11 rings (SSSR count). The Hall–Kier alpha value is -6.78. The van der Waals surface area contributed by atoms with Gasteiger partial charge in [0.1, 0.15) is 0 Å². The second-order valence-corrected chi connectivity index (χ2v) is 14.6. The van der Waals surface area contributed by atoms with Crippen molar-refractivity contribution in [2.45, 2.75) is 19.3 Å². The van der Waals surface area contributed by atoms with Gasteiger partial charge in [-0.1, -0.05) is 135 Å². The highest BCUT2D eigenvalue weighted by Crippen LogP contribution is 2.51. The van der Waals surface area contributed by atoms with Gasteiger partial charge in [0.05, 0.1) is 33.5 Å². The van der Waals surface area contributed by atoms with Gasteiger partial charge in [-0.3, -0.25) is 0 Å². The topological polar surface area (TPSA) is 35.6 Å². The molecule has 7 aromatic carbocycles. The zero-order valence-corrected chi connectivity index (χ0v) is 29.5. The summed E-state index contributed by atoms with van der Waals surface area (Å²) in [5.41, 5.74) is 14.5. The monoisotopic (exact) mass is 678 g/mol. The Labute approximate surface area is 307 Å². The summed E-state index contributed by atoms with van der Waals surface area (Å²) >= 11 is 0. The van der Waals surface area contributed by atoms with E-state index in [1.807, 2.05) is 6.07 Å². The summed E-state index contributed by atoms with van der Waals surface area (Å²) in [7, 11) is 0. The molecule has 0 unspecified atom stereocenters. The maximum atomic E-state index is 5.38. The third-order valence-corrected chi connectivity index (χ3v) is 11.3. The highest BCUT2D eigenvalue weighted by molar-refractivity contribution is 6.19. The molecule has 0 amide bonds. The molecule has 3 aromatic heterocycles. The molecule has 1 aliphatic rings. The van der Waals surface area contributed by atoms with Crippen molar-refractivity contribution in [3.05, 3.63) is 181 Å². The zero-order chi connectivity index (χ0) is 35.3. The summed E-state index contributed by atoms with van der Waals surface area (Å²) in [4.78, 5) is 10.7. The van der Waals surface area contributed by atoms with Gasteiger partial charge in [-0.25, -0.2) is 9.97 Å². The summed E-state index contributed by atoms with van der Waals surface area (Å²) in [5, 5.41) is 4.93. The molecule has 4 nitrogen and oxygen atoms in total. The fraction of sp³-hybridized carbons (Fsp3) is 0.0612. The molecule has 3 heterocycles. The van der Waals surface area contributed by atoms with Crippen LogP contribution in [0.3, 0.4) is 0 Å². The molecule has 0 saturated heterocycles. The summed E-state index contributed by atoms with van der Waals surface area (Å²) in [6.07, 6.45) is 0. The van der Waals surface area contributed by atoms with Crippen molar-refractivity contribution in [3.8, 4) is 45.1 Å². The van der Waals surface area contributed by atoms with E-state index in [-0.39, 0.29) is 5.41 Å². The van der Waals surface area contributed by atoms with E-state index in [2.05, 4.69) is 187 Å². The Morgan fingerprint density at radius 1 is 0.434 bits per heavy atom. The van der Waals surface area contributed by atoms with Crippen LogP contribution >= 0.6 is 0 Å². The minimum atomic E-state index is -0.262.